The van der Waals surface area contributed by atoms with Gasteiger partial charge in [-0.3, -0.25) is 0 Å². The van der Waals surface area contributed by atoms with Crippen molar-refractivity contribution in [1.82, 2.24) is 0 Å². The number of rotatable bonds is 3. The lowest BCUT2D eigenvalue weighted by Crippen LogP contribution is -2.24. The lowest BCUT2D eigenvalue weighted by atomic mass is 9.85. The molecule has 1 aromatic rings. The number of hydrogen-bond acceptors (Lipinski definition) is 2. The van der Waals surface area contributed by atoms with E-state index < -0.39 is 5.60 Å². The fourth-order valence-electron chi connectivity index (χ4n) is 2.11. The summed E-state index contributed by atoms with van der Waals surface area (Å²) in [6.07, 6.45) is 6.84. The SMILES string of the molecule is CCOc1cccc(C2(O)C=CCCC2)c1. The third-order valence-electron chi connectivity index (χ3n) is 2.97. The molecule has 0 amide bonds. The van der Waals surface area contributed by atoms with Crippen molar-refractivity contribution in [2.75, 3.05) is 6.61 Å². The van der Waals surface area contributed by atoms with Gasteiger partial charge >= 0.3 is 0 Å². The van der Waals surface area contributed by atoms with E-state index in [4.69, 9.17) is 4.74 Å². The molecule has 0 aliphatic heterocycles. The van der Waals surface area contributed by atoms with Gasteiger partial charge in [0.1, 0.15) is 11.4 Å². The highest BCUT2D eigenvalue weighted by Gasteiger charge is 2.27. The highest BCUT2D eigenvalue weighted by Crippen LogP contribution is 2.33. The smallest absolute Gasteiger partial charge is 0.119 e. The van der Waals surface area contributed by atoms with E-state index in [2.05, 4.69) is 6.08 Å². The van der Waals surface area contributed by atoms with Crippen LogP contribution in [0, 0.1) is 0 Å². The van der Waals surface area contributed by atoms with Crippen LogP contribution in [-0.4, -0.2) is 11.7 Å². The van der Waals surface area contributed by atoms with Gasteiger partial charge in [-0.2, -0.15) is 0 Å². The van der Waals surface area contributed by atoms with Crippen LogP contribution in [-0.2, 0) is 5.60 Å². The zero-order chi connectivity index (χ0) is 11.4. The molecular formula is C14H18O2. The molecule has 2 nitrogen and oxygen atoms in total. The van der Waals surface area contributed by atoms with E-state index in [1.807, 2.05) is 37.3 Å². The highest BCUT2D eigenvalue weighted by atomic mass is 16.5. The first-order chi connectivity index (χ1) is 7.74. The van der Waals surface area contributed by atoms with Gasteiger partial charge in [-0.25, -0.2) is 0 Å². The molecule has 1 aliphatic rings. The molecule has 0 saturated heterocycles. The summed E-state index contributed by atoms with van der Waals surface area (Å²) >= 11 is 0. The van der Waals surface area contributed by atoms with E-state index in [1.165, 1.54) is 0 Å². The van der Waals surface area contributed by atoms with Crippen LogP contribution in [0.4, 0.5) is 0 Å². The maximum atomic E-state index is 10.5. The van der Waals surface area contributed by atoms with Crippen LogP contribution in [0.3, 0.4) is 0 Å². The van der Waals surface area contributed by atoms with E-state index >= 15 is 0 Å². The minimum atomic E-state index is -0.800. The maximum absolute atomic E-state index is 10.5. The molecule has 0 spiro atoms. The van der Waals surface area contributed by atoms with Crippen LogP contribution in [0.1, 0.15) is 31.7 Å². The second-order valence-corrected chi connectivity index (χ2v) is 4.18. The Morgan fingerprint density at radius 3 is 3.00 bits per heavy atom. The van der Waals surface area contributed by atoms with E-state index in [9.17, 15) is 5.11 Å². The molecule has 2 rings (SSSR count). The normalized spacial score (nSPS) is 24.4. The van der Waals surface area contributed by atoms with Gasteiger partial charge in [0, 0.05) is 0 Å². The van der Waals surface area contributed by atoms with Crippen LogP contribution >= 0.6 is 0 Å². The third kappa shape index (κ3) is 2.27. The van der Waals surface area contributed by atoms with Crippen molar-refractivity contribution in [2.24, 2.45) is 0 Å². The van der Waals surface area contributed by atoms with Crippen molar-refractivity contribution < 1.29 is 9.84 Å². The lowest BCUT2D eigenvalue weighted by molar-refractivity contribution is 0.0723. The first-order valence-electron chi connectivity index (χ1n) is 5.88. The van der Waals surface area contributed by atoms with Crippen LogP contribution in [0.15, 0.2) is 36.4 Å². The number of allylic oxidation sites excluding steroid dienone is 1. The molecule has 1 unspecified atom stereocenters. The van der Waals surface area contributed by atoms with Gasteiger partial charge in [0.05, 0.1) is 6.61 Å². The van der Waals surface area contributed by atoms with Crippen LogP contribution in [0.25, 0.3) is 0 Å². The Bertz CT molecular complexity index is 384. The monoisotopic (exact) mass is 218 g/mol. The molecule has 0 fully saturated rings. The zero-order valence-electron chi connectivity index (χ0n) is 9.65. The van der Waals surface area contributed by atoms with E-state index in [0.29, 0.717) is 6.61 Å². The third-order valence-corrected chi connectivity index (χ3v) is 2.97. The Morgan fingerprint density at radius 1 is 1.44 bits per heavy atom. The van der Waals surface area contributed by atoms with Crippen molar-refractivity contribution in [3.63, 3.8) is 0 Å². The van der Waals surface area contributed by atoms with Gasteiger partial charge in [-0.15, -0.1) is 0 Å². The fraction of sp³-hybridized carbons (Fsp3) is 0.429. The minimum Gasteiger partial charge on any atom is -0.494 e. The Labute approximate surface area is 96.6 Å². The molecular weight excluding hydrogens is 200 g/mol. The predicted molar refractivity (Wildman–Crippen MR) is 64.5 cm³/mol. The molecule has 2 heteroatoms. The number of ether oxygens (including phenoxy) is 1. The summed E-state index contributed by atoms with van der Waals surface area (Å²) in [6.45, 7) is 2.61. The molecule has 0 bridgehead atoms. The summed E-state index contributed by atoms with van der Waals surface area (Å²) in [7, 11) is 0. The summed E-state index contributed by atoms with van der Waals surface area (Å²) in [4.78, 5) is 0. The Kier molecular flexibility index (Phi) is 3.30. The number of benzene rings is 1. The second kappa shape index (κ2) is 4.71. The van der Waals surface area contributed by atoms with Gasteiger partial charge in [0.2, 0.25) is 0 Å². The van der Waals surface area contributed by atoms with E-state index in [0.717, 1.165) is 30.6 Å². The molecule has 16 heavy (non-hydrogen) atoms. The zero-order valence-corrected chi connectivity index (χ0v) is 9.65. The number of aliphatic hydroxyl groups is 1. The van der Waals surface area contributed by atoms with Crippen molar-refractivity contribution >= 4 is 0 Å². The van der Waals surface area contributed by atoms with Gasteiger partial charge in [0.25, 0.3) is 0 Å². The van der Waals surface area contributed by atoms with Crippen molar-refractivity contribution in [2.45, 2.75) is 31.8 Å². The highest BCUT2D eigenvalue weighted by molar-refractivity contribution is 5.35. The van der Waals surface area contributed by atoms with E-state index in [1.54, 1.807) is 0 Å². The van der Waals surface area contributed by atoms with Crippen molar-refractivity contribution in [3.8, 4) is 5.75 Å². The Balaban J connectivity index is 2.28. The Hall–Kier alpha value is -1.28. The first kappa shape index (κ1) is 11.2. The minimum absolute atomic E-state index is 0.651. The number of hydrogen-bond donors (Lipinski definition) is 1. The summed E-state index contributed by atoms with van der Waals surface area (Å²) in [6, 6.07) is 7.74. The van der Waals surface area contributed by atoms with Gasteiger partial charge in [-0.1, -0.05) is 24.3 Å². The molecule has 1 aliphatic carbocycles. The van der Waals surface area contributed by atoms with Crippen molar-refractivity contribution in [1.29, 1.82) is 0 Å². The molecule has 1 N–H and O–H groups in total. The lowest BCUT2D eigenvalue weighted by Gasteiger charge is -2.28. The summed E-state index contributed by atoms with van der Waals surface area (Å²) in [5.74, 6) is 0.826. The van der Waals surface area contributed by atoms with Crippen LogP contribution in [0.5, 0.6) is 5.75 Å². The fourth-order valence-corrected chi connectivity index (χ4v) is 2.11. The topological polar surface area (TPSA) is 29.5 Å². The molecule has 86 valence electrons. The average Bonchev–Trinajstić information content (AvgIpc) is 2.31. The van der Waals surface area contributed by atoms with Crippen LogP contribution in [0.2, 0.25) is 0 Å². The van der Waals surface area contributed by atoms with Crippen molar-refractivity contribution in [3.05, 3.63) is 42.0 Å². The summed E-state index contributed by atoms with van der Waals surface area (Å²) in [5.41, 5.74) is 0.125. The largest absolute Gasteiger partial charge is 0.494 e. The summed E-state index contributed by atoms with van der Waals surface area (Å²) < 4.78 is 5.45. The summed E-state index contributed by atoms with van der Waals surface area (Å²) in [5, 5.41) is 10.5. The van der Waals surface area contributed by atoms with E-state index in [-0.39, 0.29) is 0 Å². The van der Waals surface area contributed by atoms with Gasteiger partial charge in [0.15, 0.2) is 0 Å². The molecule has 1 aromatic carbocycles. The molecule has 0 radical (unpaired) electrons. The molecule has 1 atom stereocenters. The predicted octanol–water partition coefficient (Wildman–Crippen LogP) is 3.01. The second-order valence-electron chi connectivity index (χ2n) is 4.18. The molecule has 0 heterocycles. The average molecular weight is 218 g/mol. The van der Waals surface area contributed by atoms with Gasteiger partial charge < -0.3 is 9.84 Å². The van der Waals surface area contributed by atoms with Crippen LogP contribution < -0.4 is 4.74 Å². The Morgan fingerprint density at radius 2 is 2.31 bits per heavy atom. The van der Waals surface area contributed by atoms with Gasteiger partial charge in [-0.05, 0) is 43.9 Å². The molecule has 0 aromatic heterocycles. The molecule has 0 saturated carbocycles. The standard InChI is InChI=1S/C14H18O2/c1-2-16-13-8-6-7-12(11-13)14(15)9-4-3-5-10-14/h4,6-9,11,15H,2-3,5,10H2,1H3. The quantitative estimate of drug-likeness (QED) is 0.790. The first-order valence-corrected chi connectivity index (χ1v) is 5.88. The maximum Gasteiger partial charge on any atom is 0.119 e.